The molecule has 0 radical (unpaired) electrons. The van der Waals surface area contributed by atoms with Crippen molar-refractivity contribution in [1.29, 1.82) is 0 Å². The molecule has 3 aromatic heterocycles. The zero-order valence-electron chi connectivity index (χ0n) is 37.4. The molecule has 8 rings (SSSR count). The van der Waals surface area contributed by atoms with Gasteiger partial charge in [0, 0.05) is 55.4 Å². The number of aliphatic hydroxyl groups excluding tert-OH is 1. The van der Waals surface area contributed by atoms with E-state index < -0.39 is 67.3 Å². The van der Waals surface area contributed by atoms with Gasteiger partial charge in [-0.25, -0.2) is 16.8 Å². The lowest BCUT2D eigenvalue weighted by Gasteiger charge is -2.34. The summed E-state index contributed by atoms with van der Waals surface area (Å²) in [7, 11) is -5.33. The summed E-state index contributed by atoms with van der Waals surface area (Å²) in [4.78, 5) is 36.8. The molecule has 342 valence electrons. The third-order valence-electron chi connectivity index (χ3n) is 13.4. The number of carbonyl (C=O) groups is 2. The number of benzene rings is 1. The average Bonchev–Trinajstić information content (AvgIpc) is 3.67. The van der Waals surface area contributed by atoms with E-state index in [1.807, 2.05) is 43.3 Å². The number of likely N-dealkylation sites (N-methyl/N-ethyl adjacent to an activating group) is 1. The molecule has 16 nitrogen and oxygen atoms in total. The van der Waals surface area contributed by atoms with E-state index in [-0.39, 0.29) is 83.8 Å². The van der Waals surface area contributed by atoms with E-state index >= 15 is 0 Å². The Kier molecular flexibility index (Phi) is 11.3. The normalized spacial score (nSPS) is 25.3. The molecule has 0 saturated heterocycles. The number of aliphatic hydroxyl groups is 2. The van der Waals surface area contributed by atoms with Crippen LogP contribution in [0.4, 0.5) is 11.6 Å². The maximum Gasteiger partial charge on any atom is 0.255 e. The second-order valence-corrected chi connectivity index (χ2v) is 22.4. The number of aromatic nitrogens is 2. The average molecular weight is 917 g/mol. The van der Waals surface area contributed by atoms with Gasteiger partial charge in [0.15, 0.2) is 5.82 Å². The van der Waals surface area contributed by atoms with Gasteiger partial charge in [-0.1, -0.05) is 68.8 Å². The molecular formula is C46H56N6O10S2. The number of furan rings is 1. The number of ether oxygens (including phenoxy) is 1. The first-order valence-electron chi connectivity index (χ1n) is 21.5. The molecule has 0 saturated carbocycles. The van der Waals surface area contributed by atoms with Crippen molar-refractivity contribution in [2.75, 3.05) is 47.8 Å². The van der Waals surface area contributed by atoms with Crippen molar-refractivity contribution in [3.63, 3.8) is 0 Å². The molecule has 3 aliphatic heterocycles. The molecule has 5 atom stereocenters. The minimum atomic E-state index is -4.37. The largest absolute Gasteiger partial charge is 0.465 e. The first-order valence-corrected chi connectivity index (χ1v) is 25.0. The summed E-state index contributed by atoms with van der Waals surface area (Å²) in [5.74, 6) is -2.79. The Morgan fingerprint density at radius 3 is 2.33 bits per heavy atom. The fourth-order valence-corrected chi connectivity index (χ4v) is 12.0. The van der Waals surface area contributed by atoms with Crippen molar-refractivity contribution in [2.45, 2.75) is 95.9 Å². The van der Waals surface area contributed by atoms with E-state index in [1.165, 1.54) is 14.1 Å². The van der Waals surface area contributed by atoms with E-state index in [2.05, 4.69) is 30.6 Å². The zero-order valence-corrected chi connectivity index (χ0v) is 39.0. The summed E-state index contributed by atoms with van der Waals surface area (Å²) in [5, 5.41) is 29.8. The van der Waals surface area contributed by atoms with Crippen LogP contribution in [0, 0.1) is 12.3 Å². The van der Waals surface area contributed by atoms with Crippen molar-refractivity contribution in [3.05, 3.63) is 88.0 Å². The van der Waals surface area contributed by atoms with Gasteiger partial charge in [0.1, 0.15) is 23.1 Å². The third-order valence-corrected chi connectivity index (χ3v) is 16.3. The van der Waals surface area contributed by atoms with Crippen LogP contribution in [0.3, 0.4) is 0 Å². The molecule has 64 heavy (non-hydrogen) atoms. The fourth-order valence-electron chi connectivity index (χ4n) is 9.49. The maximum absolute atomic E-state index is 14.8. The van der Waals surface area contributed by atoms with Gasteiger partial charge in [-0.2, -0.15) is 9.97 Å². The molecule has 1 aliphatic carbocycles. The minimum absolute atomic E-state index is 0.0249. The van der Waals surface area contributed by atoms with Gasteiger partial charge in [0.25, 0.3) is 5.91 Å². The van der Waals surface area contributed by atoms with Crippen LogP contribution in [0.1, 0.15) is 104 Å². The number of anilines is 2. The van der Waals surface area contributed by atoms with Crippen LogP contribution in [0.25, 0.3) is 22.4 Å². The number of sulfonamides is 2. The number of nitrogens with zero attached hydrogens (tertiary/aromatic N) is 4. The quantitative estimate of drug-likeness (QED) is 0.168. The highest BCUT2D eigenvalue weighted by Crippen LogP contribution is 2.53. The Bertz CT molecular complexity index is 2860. The molecule has 4 aliphatic rings. The molecule has 5 unspecified atom stereocenters. The molecule has 4 aromatic rings. The number of carbonyl (C=O) groups excluding carboxylic acids is 2. The smallest absolute Gasteiger partial charge is 0.255 e. The van der Waals surface area contributed by atoms with E-state index in [0.717, 1.165) is 26.0 Å². The monoisotopic (exact) mass is 916 g/mol. The number of aryl methyl sites for hydroxylation is 1. The lowest BCUT2D eigenvalue weighted by atomic mass is 9.74. The van der Waals surface area contributed by atoms with E-state index in [4.69, 9.17) is 19.1 Å². The van der Waals surface area contributed by atoms with Crippen LogP contribution in [0.5, 0.6) is 5.88 Å². The molecule has 0 bridgehead atoms. The summed E-state index contributed by atoms with van der Waals surface area (Å²) in [6.45, 7) is 9.47. The summed E-state index contributed by atoms with van der Waals surface area (Å²) in [5.41, 5.74) is 0.0491. The van der Waals surface area contributed by atoms with Gasteiger partial charge in [0.2, 0.25) is 37.5 Å². The van der Waals surface area contributed by atoms with Crippen molar-refractivity contribution in [1.82, 2.24) is 20.6 Å². The van der Waals surface area contributed by atoms with Crippen LogP contribution in [0.2, 0.25) is 0 Å². The van der Waals surface area contributed by atoms with E-state index in [0.29, 0.717) is 28.5 Å². The van der Waals surface area contributed by atoms with Crippen LogP contribution in [-0.4, -0.2) is 99.7 Å². The Hall–Kier alpha value is -5.30. The molecule has 4 N–H and O–H groups in total. The van der Waals surface area contributed by atoms with Crippen molar-refractivity contribution >= 4 is 54.6 Å². The van der Waals surface area contributed by atoms with Crippen LogP contribution >= 0.6 is 0 Å². The number of rotatable bonds is 9. The second kappa shape index (κ2) is 16.0. The summed E-state index contributed by atoms with van der Waals surface area (Å²) in [6, 6.07) is 10.6. The summed E-state index contributed by atoms with van der Waals surface area (Å²) in [6.07, 6.45) is 6.54. The fraction of sp³-hybridized carbons (Fsp3) is 0.478. The molecule has 0 fully saturated rings. The molecule has 2 amide bonds. The third kappa shape index (κ3) is 7.75. The van der Waals surface area contributed by atoms with Gasteiger partial charge < -0.3 is 30.0 Å². The number of hydrogen-bond donors (Lipinski definition) is 4. The highest BCUT2D eigenvalue weighted by molar-refractivity contribution is 7.92. The molecule has 1 aromatic carbocycles. The topological polar surface area (TPSA) is 222 Å². The molecule has 18 heteroatoms. The standard InChI is InChI=1S/C46H56N6O10S2/c1-26-10-12-28(13-11-26)37-35(40(54)47-6)31-24-30-27(2)34(53)16-22-52(38(30)49-42(31)61-37)64(59,60)23-20-46(56)17-9-21-51(63(8,57)58)39-33(46)25-32-36(41(55)48-7)45(5,62-43(32)50-39)29-14-18-44(3,4)19-15-29/h10-15,18,24-25,27,34,36,53,56H,9,16-17,19-23H2,1-8H3,(H,47,54)(H,48,55). The molecule has 6 heterocycles. The van der Waals surface area contributed by atoms with E-state index in [9.17, 15) is 36.6 Å². The SMILES string of the molecule is CNC(=O)c1c(-c2ccc(C)cc2)oc2nc3c(cc12)C(C)C(O)CCN3S(=O)(=O)CCC1(O)CCCN(S(C)(=O)=O)c2nc3c(cc21)C(C(=O)NC)C(C)(C1=CCC(C)(C)C=C1)O3. The van der Waals surface area contributed by atoms with Crippen molar-refractivity contribution in [3.8, 4) is 17.2 Å². The maximum atomic E-state index is 14.8. The minimum Gasteiger partial charge on any atom is -0.465 e. The molecule has 0 spiro atoms. The Morgan fingerprint density at radius 1 is 0.969 bits per heavy atom. The number of hydrogen-bond acceptors (Lipinski definition) is 12. The Labute approximate surface area is 373 Å². The lowest BCUT2D eigenvalue weighted by Crippen LogP contribution is -2.44. The number of nitrogens with one attached hydrogen (secondary N) is 2. The highest BCUT2D eigenvalue weighted by Gasteiger charge is 2.54. The van der Waals surface area contributed by atoms with Gasteiger partial charge >= 0.3 is 0 Å². The van der Waals surface area contributed by atoms with Gasteiger partial charge in [-0.3, -0.25) is 18.2 Å². The number of amides is 2. The van der Waals surface area contributed by atoms with Gasteiger partial charge in [-0.15, -0.1) is 0 Å². The number of pyridine rings is 2. The van der Waals surface area contributed by atoms with Crippen LogP contribution < -0.4 is 24.0 Å². The zero-order chi connectivity index (χ0) is 46.3. The van der Waals surface area contributed by atoms with Gasteiger partial charge in [-0.05, 0) is 69.1 Å². The summed E-state index contributed by atoms with van der Waals surface area (Å²) < 4.78 is 71.4. The lowest BCUT2D eigenvalue weighted by molar-refractivity contribution is -0.124. The van der Waals surface area contributed by atoms with Gasteiger partial charge in [0.05, 0.1) is 34.7 Å². The first kappa shape index (κ1) is 45.3. The summed E-state index contributed by atoms with van der Waals surface area (Å²) >= 11 is 0. The predicted molar refractivity (Wildman–Crippen MR) is 243 cm³/mol. The van der Waals surface area contributed by atoms with Crippen molar-refractivity contribution in [2.24, 2.45) is 5.41 Å². The predicted octanol–water partition coefficient (Wildman–Crippen LogP) is 5.29. The number of allylic oxidation sites excluding steroid dienone is 2. The van der Waals surface area contributed by atoms with E-state index in [1.54, 1.807) is 26.0 Å². The Morgan fingerprint density at radius 2 is 1.69 bits per heavy atom. The van der Waals surface area contributed by atoms with Crippen molar-refractivity contribution < 1.29 is 45.8 Å². The van der Waals surface area contributed by atoms with Crippen LogP contribution in [0.15, 0.2) is 64.6 Å². The highest BCUT2D eigenvalue weighted by atomic mass is 32.2. The second-order valence-electron chi connectivity index (χ2n) is 18.5. The Balaban J connectivity index is 1.20. The first-order chi connectivity index (χ1) is 30.0. The number of fused-ring (bicyclic) bond motifs is 4. The van der Waals surface area contributed by atoms with Crippen LogP contribution in [-0.2, 0) is 30.4 Å². The molecular weight excluding hydrogens is 861 g/mol.